The molecule has 1 atom stereocenters. The first-order valence-electron chi connectivity index (χ1n) is 12.8. The number of fused-ring (bicyclic) bond motifs is 2. The maximum absolute atomic E-state index is 13.8. The summed E-state index contributed by atoms with van der Waals surface area (Å²) in [5, 5.41) is 6.02. The van der Waals surface area contributed by atoms with Gasteiger partial charge in [-0.3, -0.25) is 14.2 Å². The number of amides is 1. The Hall–Kier alpha value is -4.11. The van der Waals surface area contributed by atoms with Crippen molar-refractivity contribution in [1.29, 1.82) is 0 Å². The minimum atomic E-state index is -0.785. The van der Waals surface area contributed by atoms with E-state index in [9.17, 15) is 14.4 Å². The predicted molar refractivity (Wildman–Crippen MR) is 152 cm³/mol. The van der Waals surface area contributed by atoms with E-state index < -0.39 is 12.0 Å². The molecule has 1 aliphatic rings. The predicted octanol–water partition coefficient (Wildman–Crippen LogP) is 5.80. The molecule has 1 unspecified atom stereocenters. The number of hydrogen-bond acceptors (Lipinski definition) is 7. The van der Waals surface area contributed by atoms with Crippen molar-refractivity contribution in [1.82, 2.24) is 4.57 Å². The number of hydrogen-bond donors (Lipinski definition) is 1. The van der Waals surface area contributed by atoms with Gasteiger partial charge in [-0.2, -0.15) is 0 Å². The van der Waals surface area contributed by atoms with Crippen molar-refractivity contribution in [3.8, 4) is 22.6 Å². The fourth-order valence-corrected chi connectivity index (χ4v) is 6.15. The average Bonchev–Trinajstić information content (AvgIpc) is 3.33. The Bertz CT molecular complexity index is 1670. The quantitative estimate of drug-likeness (QED) is 0.307. The smallest absolute Gasteiger partial charge is 0.341 e. The Morgan fingerprint density at radius 3 is 2.51 bits per heavy atom. The number of nitrogens with zero attached hydrogens (tertiary/aromatic N) is 1. The first kappa shape index (κ1) is 26.5. The molecule has 2 aromatic heterocycles. The highest BCUT2D eigenvalue weighted by molar-refractivity contribution is 7.15. The Kier molecular flexibility index (Phi) is 7.18. The lowest BCUT2D eigenvalue weighted by Gasteiger charge is -2.22. The molecule has 0 radical (unpaired) electrons. The zero-order valence-electron chi connectivity index (χ0n) is 22.5. The second-order valence-corrected chi connectivity index (χ2v) is 10.5. The molecule has 39 heavy (non-hydrogen) atoms. The van der Waals surface area contributed by atoms with Gasteiger partial charge in [0.2, 0.25) is 5.91 Å². The monoisotopic (exact) mass is 546 g/mol. The van der Waals surface area contributed by atoms with Gasteiger partial charge in [0.1, 0.15) is 29.8 Å². The highest BCUT2D eigenvalue weighted by Crippen LogP contribution is 2.41. The van der Waals surface area contributed by atoms with E-state index in [0.717, 1.165) is 33.2 Å². The van der Waals surface area contributed by atoms with Gasteiger partial charge in [0.25, 0.3) is 5.56 Å². The number of rotatable bonds is 6. The van der Waals surface area contributed by atoms with Gasteiger partial charge >= 0.3 is 5.97 Å². The van der Waals surface area contributed by atoms with Crippen LogP contribution in [0.3, 0.4) is 0 Å². The Balaban J connectivity index is 1.56. The van der Waals surface area contributed by atoms with Crippen LogP contribution in [0.1, 0.15) is 46.4 Å². The summed E-state index contributed by atoms with van der Waals surface area (Å²) in [6.45, 7) is 8.64. The van der Waals surface area contributed by atoms with Gasteiger partial charge in [0, 0.05) is 22.4 Å². The first-order valence-corrected chi connectivity index (χ1v) is 13.6. The molecule has 0 saturated heterocycles. The van der Waals surface area contributed by atoms with Crippen molar-refractivity contribution in [2.75, 3.05) is 25.6 Å². The third-order valence-electron chi connectivity index (χ3n) is 6.96. The highest BCUT2D eigenvalue weighted by Gasteiger charge is 2.28. The summed E-state index contributed by atoms with van der Waals surface area (Å²) in [5.74, 6) is 0.272. The van der Waals surface area contributed by atoms with Crippen molar-refractivity contribution in [3.05, 3.63) is 74.4 Å². The minimum absolute atomic E-state index is 0.245. The largest absolute Gasteiger partial charge is 0.486 e. The first-order chi connectivity index (χ1) is 18.7. The topological polar surface area (TPSA) is 95.9 Å². The van der Waals surface area contributed by atoms with Crippen LogP contribution >= 0.6 is 11.3 Å². The van der Waals surface area contributed by atoms with Gasteiger partial charge in [-0.15, -0.1) is 11.3 Å². The van der Waals surface area contributed by atoms with E-state index in [1.54, 1.807) is 22.1 Å². The van der Waals surface area contributed by atoms with Crippen LogP contribution in [-0.2, 0) is 9.53 Å². The van der Waals surface area contributed by atoms with Gasteiger partial charge in [0.15, 0.2) is 11.5 Å². The van der Waals surface area contributed by atoms with E-state index in [2.05, 4.69) is 5.32 Å². The van der Waals surface area contributed by atoms with Crippen molar-refractivity contribution in [2.24, 2.45) is 0 Å². The maximum atomic E-state index is 13.8. The molecular formula is C30H30N2O6S. The Morgan fingerprint density at radius 1 is 1.05 bits per heavy atom. The molecule has 2 aromatic carbocycles. The second kappa shape index (κ2) is 10.6. The van der Waals surface area contributed by atoms with Crippen LogP contribution < -0.4 is 20.3 Å². The molecule has 4 aromatic rings. The lowest BCUT2D eigenvalue weighted by molar-refractivity contribution is -0.119. The van der Waals surface area contributed by atoms with E-state index in [1.807, 2.05) is 52.0 Å². The number of benzene rings is 2. The number of carbonyl (C=O) groups excluding carboxylic acids is 2. The van der Waals surface area contributed by atoms with Gasteiger partial charge in [0.05, 0.1) is 12.6 Å². The lowest BCUT2D eigenvalue weighted by atomic mass is 10.0. The lowest BCUT2D eigenvalue weighted by Crippen LogP contribution is -2.33. The zero-order chi connectivity index (χ0) is 27.8. The molecule has 1 amide bonds. The molecule has 1 N–H and O–H groups in total. The molecule has 9 heteroatoms. The average molecular weight is 547 g/mol. The van der Waals surface area contributed by atoms with Crippen LogP contribution in [0.25, 0.3) is 22.0 Å². The standard InChI is InChI=1S/C30H30N2O6S/c1-6-22(32-25(33)13-17(3)20-12-16(2)11-18(4)27(20)32)28(34)31-29-26(30(35)36-5)21(15-39-29)19-7-8-23-24(14-19)38-10-9-37-23/h7-8,11-15,22H,6,9-10H2,1-5H3,(H,31,34). The molecule has 0 aliphatic carbocycles. The number of pyridine rings is 1. The number of aromatic nitrogens is 1. The summed E-state index contributed by atoms with van der Waals surface area (Å²) < 4.78 is 18.0. The molecule has 0 saturated carbocycles. The fourth-order valence-electron chi connectivity index (χ4n) is 5.19. The fraction of sp³-hybridized carbons (Fsp3) is 0.300. The van der Waals surface area contributed by atoms with Crippen molar-refractivity contribution >= 4 is 39.1 Å². The van der Waals surface area contributed by atoms with Crippen LogP contribution in [-0.4, -0.2) is 36.8 Å². The summed E-state index contributed by atoms with van der Waals surface area (Å²) in [6.07, 6.45) is 0.380. The van der Waals surface area contributed by atoms with Gasteiger partial charge in [-0.25, -0.2) is 4.79 Å². The molecule has 0 spiro atoms. The van der Waals surface area contributed by atoms with Crippen LogP contribution in [0.4, 0.5) is 5.00 Å². The van der Waals surface area contributed by atoms with E-state index in [-0.39, 0.29) is 17.0 Å². The number of methoxy groups -OCH3 is 1. The van der Waals surface area contributed by atoms with Crippen LogP contribution in [0, 0.1) is 20.8 Å². The number of nitrogens with one attached hydrogen (secondary N) is 1. The van der Waals surface area contributed by atoms with Crippen LogP contribution in [0.5, 0.6) is 11.5 Å². The van der Waals surface area contributed by atoms with Crippen LogP contribution in [0.15, 0.2) is 46.6 Å². The molecule has 5 rings (SSSR count). The van der Waals surface area contributed by atoms with Crippen molar-refractivity contribution in [3.63, 3.8) is 0 Å². The van der Waals surface area contributed by atoms with E-state index in [4.69, 9.17) is 14.2 Å². The number of ether oxygens (including phenoxy) is 3. The van der Waals surface area contributed by atoms with Crippen molar-refractivity contribution in [2.45, 2.75) is 40.2 Å². The molecule has 8 nitrogen and oxygen atoms in total. The van der Waals surface area contributed by atoms with Crippen LogP contribution in [0.2, 0.25) is 0 Å². The molecule has 3 heterocycles. The third-order valence-corrected chi connectivity index (χ3v) is 7.85. The summed E-state index contributed by atoms with van der Waals surface area (Å²) in [6, 6.07) is 10.3. The molecule has 1 aliphatic heterocycles. The highest BCUT2D eigenvalue weighted by atomic mass is 32.1. The summed E-state index contributed by atoms with van der Waals surface area (Å²) in [7, 11) is 1.30. The Morgan fingerprint density at radius 2 is 1.79 bits per heavy atom. The normalized spacial score (nSPS) is 13.3. The minimum Gasteiger partial charge on any atom is -0.486 e. The number of anilines is 1. The molecule has 0 fully saturated rings. The molecule has 0 bridgehead atoms. The molecular weight excluding hydrogens is 516 g/mol. The second-order valence-electron chi connectivity index (χ2n) is 9.63. The van der Waals surface area contributed by atoms with Gasteiger partial charge in [-0.05, 0) is 62.1 Å². The van der Waals surface area contributed by atoms with E-state index in [1.165, 1.54) is 18.4 Å². The number of thiophene rings is 1. The van der Waals surface area contributed by atoms with Gasteiger partial charge in [-0.1, -0.05) is 24.6 Å². The Labute approximate surface area is 230 Å². The van der Waals surface area contributed by atoms with E-state index >= 15 is 0 Å². The summed E-state index contributed by atoms with van der Waals surface area (Å²) >= 11 is 1.23. The zero-order valence-corrected chi connectivity index (χ0v) is 23.4. The van der Waals surface area contributed by atoms with Crippen molar-refractivity contribution < 1.29 is 23.8 Å². The summed E-state index contributed by atoms with van der Waals surface area (Å²) in [5.41, 5.74) is 4.95. The summed E-state index contributed by atoms with van der Waals surface area (Å²) in [4.78, 5) is 40.0. The maximum Gasteiger partial charge on any atom is 0.341 e. The van der Waals surface area contributed by atoms with E-state index in [0.29, 0.717) is 41.7 Å². The third kappa shape index (κ3) is 4.78. The van der Waals surface area contributed by atoms with Gasteiger partial charge < -0.3 is 19.5 Å². The number of esters is 1. The number of carbonyl (C=O) groups is 2. The SMILES string of the molecule is CCC(C(=O)Nc1scc(-c2ccc3c(c2)OCCO3)c1C(=O)OC)n1c(=O)cc(C)c2cc(C)cc(C)c21. The number of aryl methyl sites for hydroxylation is 3. The molecule has 202 valence electrons.